The zero-order chi connectivity index (χ0) is 23.0. The molecule has 1 aliphatic rings. The van der Waals surface area contributed by atoms with Crippen molar-refractivity contribution in [1.82, 2.24) is 9.88 Å². The SMILES string of the molecule is COC(=O)c1cc2c(cc1OC)CCn1c(C(=O)NCC(C)(C)C)cc(-c3cccs3)c1-2. The maximum Gasteiger partial charge on any atom is 0.341 e. The predicted octanol–water partition coefficient (Wildman–Crippen LogP) is 5.01. The number of ether oxygens (including phenoxy) is 2. The van der Waals surface area contributed by atoms with Crippen LogP contribution in [0.1, 0.15) is 47.2 Å². The monoisotopic (exact) mass is 452 g/mol. The Labute approximate surface area is 192 Å². The fourth-order valence-corrected chi connectivity index (χ4v) is 4.78. The van der Waals surface area contributed by atoms with E-state index in [-0.39, 0.29) is 11.3 Å². The van der Waals surface area contributed by atoms with Gasteiger partial charge in [0.25, 0.3) is 5.91 Å². The average molecular weight is 453 g/mol. The van der Waals surface area contributed by atoms with Crippen LogP contribution in [0, 0.1) is 5.41 Å². The lowest BCUT2D eigenvalue weighted by molar-refractivity contribution is 0.0597. The molecule has 4 rings (SSSR count). The van der Waals surface area contributed by atoms with E-state index in [4.69, 9.17) is 9.47 Å². The zero-order valence-electron chi connectivity index (χ0n) is 19.1. The molecule has 0 spiro atoms. The molecule has 6 nitrogen and oxygen atoms in total. The van der Waals surface area contributed by atoms with Crippen molar-refractivity contribution in [3.05, 3.63) is 52.5 Å². The number of aromatic nitrogens is 1. The predicted molar refractivity (Wildman–Crippen MR) is 127 cm³/mol. The highest BCUT2D eigenvalue weighted by Crippen LogP contribution is 2.43. The number of rotatable bonds is 5. The third-order valence-corrected chi connectivity index (χ3v) is 6.49. The number of benzene rings is 1. The Kier molecular flexibility index (Phi) is 5.86. The van der Waals surface area contributed by atoms with Gasteiger partial charge in [-0.2, -0.15) is 0 Å². The third kappa shape index (κ3) is 4.05. The largest absolute Gasteiger partial charge is 0.496 e. The number of methoxy groups -OCH3 is 2. The number of amides is 1. The number of carbonyl (C=O) groups is 2. The van der Waals surface area contributed by atoms with Crippen molar-refractivity contribution in [1.29, 1.82) is 0 Å². The Hall–Kier alpha value is -3.06. The van der Waals surface area contributed by atoms with E-state index < -0.39 is 5.97 Å². The van der Waals surface area contributed by atoms with Gasteiger partial charge in [0.1, 0.15) is 17.0 Å². The summed E-state index contributed by atoms with van der Waals surface area (Å²) in [5, 5.41) is 5.10. The van der Waals surface area contributed by atoms with E-state index in [1.54, 1.807) is 18.4 Å². The quantitative estimate of drug-likeness (QED) is 0.553. The van der Waals surface area contributed by atoms with Gasteiger partial charge in [-0.3, -0.25) is 4.79 Å². The average Bonchev–Trinajstić information content (AvgIpc) is 3.43. The normalized spacial score (nSPS) is 12.7. The first-order valence-corrected chi connectivity index (χ1v) is 11.5. The van der Waals surface area contributed by atoms with Crippen LogP contribution in [0.25, 0.3) is 21.7 Å². The first kappa shape index (κ1) is 22.1. The van der Waals surface area contributed by atoms with Crippen LogP contribution in [-0.2, 0) is 17.7 Å². The molecule has 0 unspecified atom stereocenters. The van der Waals surface area contributed by atoms with Crippen molar-refractivity contribution in [2.75, 3.05) is 20.8 Å². The second kappa shape index (κ2) is 8.47. The molecule has 0 saturated heterocycles. The maximum absolute atomic E-state index is 13.2. The van der Waals surface area contributed by atoms with Gasteiger partial charge in [0.05, 0.1) is 19.9 Å². The molecule has 0 fully saturated rings. The first-order chi connectivity index (χ1) is 15.2. The van der Waals surface area contributed by atoms with E-state index in [9.17, 15) is 9.59 Å². The molecule has 1 aliphatic heterocycles. The molecule has 0 radical (unpaired) electrons. The molecule has 1 aromatic carbocycles. The van der Waals surface area contributed by atoms with Crippen molar-refractivity contribution in [2.45, 2.75) is 33.7 Å². The first-order valence-electron chi connectivity index (χ1n) is 10.6. The van der Waals surface area contributed by atoms with Crippen molar-refractivity contribution in [3.8, 4) is 27.4 Å². The molecule has 32 heavy (non-hydrogen) atoms. The highest BCUT2D eigenvalue weighted by Gasteiger charge is 2.29. The molecule has 0 atom stereocenters. The number of esters is 1. The lowest BCUT2D eigenvalue weighted by Gasteiger charge is -2.24. The van der Waals surface area contributed by atoms with Gasteiger partial charge in [-0.1, -0.05) is 26.8 Å². The molecular weight excluding hydrogens is 424 g/mol. The second-order valence-corrected chi connectivity index (χ2v) is 10.1. The van der Waals surface area contributed by atoms with E-state index in [1.807, 2.05) is 29.6 Å². The highest BCUT2D eigenvalue weighted by atomic mass is 32.1. The van der Waals surface area contributed by atoms with Crippen LogP contribution in [0.2, 0.25) is 0 Å². The summed E-state index contributed by atoms with van der Waals surface area (Å²) in [6, 6.07) is 9.77. The van der Waals surface area contributed by atoms with Crippen molar-refractivity contribution in [3.63, 3.8) is 0 Å². The Morgan fingerprint density at radius 3 is 2.56 bits per heavy atom. The fourth-order valence-electron chi connectivity index (χ4n) is 4.04. The molecule has 1 N–H and O–H groups in total. The molecule has 168 valence electrons. The summed E-state index contributed by atoms with van der Waals surface area (Å²) < 4.78 is 12.5. The van der Waals surface area contributed by atoms with Crippen LogP contribution >= 0.6 is 11.3 Å². The molecule has 3 aromatic rings. The topological polar surface area (TPSA) is 69.6 Å². The molecular formula is C25H28N2O4S. The minimum atomic E-state index is -0.450. The Bertz CT molecular complexity index is 1170. The van der Waals surface area contributed by atoms with Crippen molar-refractivity contribution >= 4 is 23.2 Å². The Morgan fingerprint density at radius 1 is 1.16 bits per heavy atom. The lowest BCUT2D eigenvalue weighted by Crippen LogP contribution is -2.33. The maximum atomic E-state index is 13.2. The number of nitrogens with one attached hydrogen (secondary N) is 1. The molecule has 7 heteroatoms. The molecule has 0 bridgehead atoms. The van der Waals surface area contributed by atoms with Gasteiger partial charge in [-0.05, 0) is 47.0 Å². The standard InChI is InChI=1S/C25H28N2O4S/c1-25(2,3)14-26-23(28)19-13-18(21-7-6-10-32-21)22-16-12-17(24(29)31-5)20(30-4)11-15(16)8-9-27(19)22/h6-7,10-13H,8-9,14H2,1-5H3,(H,26,28). The van der Waals surface area contributed by atoms with Crippen LogP contribution < -0.4 is 10.1 Å². The highest BCUT2D eigenvalue weighted by molar-refractivity contribution is 7.13. The number of aryl methyl sites for hydroxylation is 1. The van der Waals surface area contributed by atoms with Crippen LogP contribution in [0.5, 0.6) is 5.75 Å². The van der Waals surface area contributed by atoms with Crippen molar-refractivity contribution < 1.29 is 19.1 Å². The number of nitrogens with zero attached hydrogens (tertiary/aromatic N) is 1. The summed E-state index contributed by atoms with van der Waals surface area (Å²) in [4.78, 5) is 26.7. The van der Waals surface area contributed by atoms with Crippen molar-refractivity contribution in [2.24, 2.45) is 5.41 Å². The van der Waals surface area contributed by atoms with E-state index >= 15 is 0 Å². The van der Waals surface area contributed by atoms with E-state index in [2.05, 4.69) is 36.7 Å². The van der Waals surface area contributed by atoms with Gasteiger partial charge in [0.15, 0.2) is 0 Å². The lowest BCUT2D eigenvalue weighted by atomic mass is 9.93. The molecule has 0 aliphatic carbocycles. The molecule has 1 amide bonds. The minimum absolute atomic E-state index is 0.0118. The van der Waals surface area contributed by atoms with Gasteiger partial charge < -0.3 is 19.4 Å². The summed E-state index contributed by atoms with van der Waals surface area (Å²) in [6.45, 7) is 7.54. The van der Waals surface area contributed by atoms with Crippen LogP contribution in [0.4, 0.5) is 0 Å². The summed E-state index contributed by atoms with van der Waals surface area (Å²) in [5.41, 5.74) is 4.94. The van der Waals surface area contributed by atoms with Crippen LogP contribution in [-0.4, -0.2) is 37.2 Å². The van der Waals surface area contributed by atoms with Gasteiger partial charge >= 0.3 is 5.97 Å². The van der Waals surface area contributed by atoms with Crippen LogP contribution in [0.15, 0.2) is 35.7 Å². The summed E-state index contributed by atoms with van der Waals surface area (Å²) >= 11 is 1.63. The minimum Gasteiger partial charge on any atom is -0.496 e. The number of hydrogen-bond acceptors (Lipinski definition) is 5. The summed E-state index contributed by atoms with van der Waals surface area (Å²) in [5.74, 6) is -0.0419. The van der Waals surface area contributed by atoms with E-state index in [0.29, 0.717) is 30.1 Å². The van der Waals surface area contributed by atoms with Gasteiger partial charge in [0, 0.05) is 29.1 Å². The smallest absolute Gasteiger partial charge is 0.341 e. The number of thiophene rings is 1. The van der Waals surface area contributed by atoms with Crippen LogP contribution in [0.3, 0.4) is 0 Å². The number of hydrogen-bond donors (Lipinski definition) is 1. The van der Waals surface area contributed by atoms with Gasteiger partial charge in [0.2, 0.25) is 0 Å². The van der Waals surface area contributed by atoms with Gasteiger partial charge in [-0.15, -0.1) is 11.3 Å². The second-order valence-electron chi connectivity index (χ2n) is 9.12. The Balaban J connectivity index is 1.89. The molecule has 2 aromatic heterocycles. The van der Waals surface area contributed by atoms with E-state index in [0.717, 1.165) is 33.7 Å². The summed E-state index contributed by atoms with van der Waals surface area (Å²) in [6.07, 6.45) is 0.734. The van der Waals surface area contributed by atoms with Gasteiger partial charge in [-0.25, -0.2) is 4.79 Å². The fraction of sp³-hybridized carbons (Fsp3) is 0.360. The third-order valence-electron chi connectivity index (χ3n) is 5.59. The number of fused-ring (bicyclic) bond motifs is 3. The Morgan fingerprint density at radius 2 is 1.94 bits per heavy atom. The summed E-state index contributed by atoms with van der Waals surface area (Å²) in [7, 11) is 2.91. The van der Waals surface area contributed by atoms with E-state index in [1.165, 1.54) is 7.11 Å². The number of carbonyl (C=O) groups excluding carboxylic acids is 2. The molecule has 3 heterocycles. The molecule has 0 saturated carbocycles. The zero-order valence-corrected chi connectivity index (χ0v) is 19.9.